The van der Waals surface area contributed by atoms with Gasteiger partial charge in [-0.1, -0.05) is 42.0 Å². The van der Waals surface area contributed by atoms with Gasteiger partial charge in [-0.2, -0.15) is 0 Å². The minimum absolute atomic E-state index is 0.0281. The van der Waals surface area contributed by atoms with E-state index in [-0.39, 0.29) is 23.9 Å². The lowest BCUT2D eigenvalue weighted by Crippen LogP contribution is -2.11. The molecule has 0 saturated heterocycles. The van der Waals surface area contributed by atoms with E-state index in [1.807, 2.05) is 31.2 Å². The zero-order valence-electron chi connectivity index (χ0n) is 15.5. The Balaban J connectivity index is 1.62. The van der Waals surface area contributed by atoms with Gasteiger partial charge in [-0.25, -0.2) is 13.4 Å². The number of rotatable bonds is 8. The van der Waals surface area contributed by atoms with Crippen molar-refractivity contribution < 1.29 is 17.9 Å². The van der Waals surface area contributed by atoms with Crippen LogP contribution in [0.25, 0.3) is 10.2 Å². The minimum atomic E-state index is -3.04. The molecule has 3 aromatic rings. The van der Waals surface area contributed by atoms with Gasteiger partial charge in [-0.15, -0.1) is 0 Å². The predicted octanol–water partition coefficient (Wildman–Crippen LogP) is 5.24. The zero-order chi connectivity index (χ0) is 20.3. The molecule has 1 unspecified atom stereocenters. The molecule has 0 aliphatic heterocycles. The third kappa shape index (κ3) is 5.53. The number of fused-ring (bicyclic) bond motifs is 1. The number of carbonyl (C=O) groups is 1. The van der Waals surface area contributed by atoms with Gasteiger partial charge in [0.25, 0.3) is 5.19 Å². The Morgan fingerprint density at radius 3 is 2.61 bits per heavy atom. The largest absolute Gasteiger partial charge is 0.431 e. The van der Waals surface area contributed by atoms with Crippen LogP contribution in [0.5, 0.6) is 10.9 Å². The monoisotopic (exact) mass is 437 g/mol. The van der Waals surface area contributed by atoms with Crippen molar-refractivity contribution in [3.63, 3.8) is 0 Å². The normalized spacial score (nSPS) is 12.8. The highest BCUT2D eigenvalue weighted by atomic mass is 35.5. The number of sulfone groups is 1. The molecule has 0 amide bonds. The number of hydrogen-bond acceptors (Lipinski definition) is 6. The van der Waals surface area contributed by atoms with E-state index in [9.17, 15) is 13.2 Å². The first kappa shape index (κ1) is 20.8. The Bertz CT molecular complexity index is 1090. The van der Waals surface area contributed by atoms with Crippen molar-refractivity contribution in [1.29, 1.82) is 0 Å². The second kappa shape index (κ2) is 8.59. The summed E-state index contributed by atoms with van der Waals surface area (Å²) < 4.78 is 29.1. The maximum absolute atomic E-state index is 12.3. The fraction of sp³-hybridized carbons (Fsp3) is 0.300. The zero-order valence-corrected chi connectivity index (χ0v) is 17.9. The number of carbonyl (C=O) groups excluding carboxylic acids is 1. The molecule has 0 aliphatic rings. The number of Topliss-reactive ketones (excluding diaryl/α,β-unsaturated/α-hetero) is 1. The molecule has 0 spiro atoms. The van der Waals surface area contributed by atoms with Crippen molar-refractivity contribution in [2.24, 2.45) is 0 Å². The molecule has 1 heterocycles. The summed E-state index contributed by atoms with van der Waals surface area (Å²) in [6.07, 6.45) is 1.78. The van der Waals surface area contributed by atoms with Crippen LogP contribution in [0, 0.1) is 0 Å². The molecule has 0 bridgehead atoms. The van der Waals surface area contributed by atoms with Crippen LogP contribution < -0.4 is 4.74 Å². The van der Waals surface area contributed by atoms with Crippen LogP contribution in [0.3, 0.4) is 0 Å². The highest BCUT2D eigenvalue weighted by Gasteiger charge is 2.16. The minimum Gasteiger partial charge on any atom is -0.431 e. The Morgan fingerprint density at radius 1 is 1.21 bits per heavy atom. The number of ether oxygens (including phenoxy) is 1. The Kier molecular flexibility index (Phi) is 6.37. The van der Waals surface area contributed by atoms with Crippen LogP contribution in [0.4, 0.5) is 0 Å². The Labute approximate surface area is 173 Å². The molecule has 0 N–H and O–H groups in total. The second-order valence-electron chi connectivity index (χ2n) is 6.68. The van der Waals surface area contributed by atoms with Gasteiger partial charge in [0, 0.05) is 23.6 Å². The molecule has 5 nitrogen and oxygen atoms in total. The second-order valence-corrected chi connectivity index (χ2v) is 10.4. The number of aromatic nitrogens is 1. The molecular formula is C20H20ClNO4S2. The standard InChI is InChI=1S/C20H20ClNO4S2/c1-13(18(23)4-3-11-28(2,24)25)14-5-8-16(9-6-14)26-20-22-17-10-7-15(21)12-19(17)27-20/h5-10,12-13H,3-4,11H2,1-2H3. The summed E-state index contributed by atoms with van der Waals surface area (Å²) in [7, 11) is -3.04. The van der Waals surface area contributed by atoms with Gasteiger partial charge in [0.2, 0.25) is 0 Å². The van der Waals surface area contributed by atoms with Crippen LogP contribution in [0.15, 0.2) is 42.5 Å². The predicted molar refractivity (Wildman–Crippen MR) is 114 cm³/mol. The van der Waals surface area contributed by atoms with E-state index in [0.717, 1.165) is 15.8 Å². The smallest absolute Gasteiger partial charge is 0.279 e. The highest BCUT2D eigenvalue weighted by Crippen LogP contribution is 2.33. The molecule has 1 atom stereocenters. The Morgan fingerprint density at radius 2 is 1.93 bits per heavy atom. The van der Waals surface area contributed by atoms with Gasteiger partial charge in [0.1, 0.15) is 21.4 Å². The van der Waals surface area contributed by atoms with Gasteiger partial charge in [0.05, 0.1) is 16.0 Å². The van der Waals surface area contributed by atoms with Gasteiger partial charge in [-0.3, -0.25) is 4.79 Å². The van der Waals surface area contributed by atoms with Crippen molar-refractivity contribution in [3.05, 3.63) is 53.1 Å². The van der Waals surface area contributed by atoms with Gasteiger partial charge < -0.3 is 4.74 Å². The lowest BCUT2D eigenvalue weighted by Gasteiger charge is -2.11. The van der Waals surface area contributed by atoms with E-state index in [2.05, 4.69) is 4.98 Å². The fourth-order valence-corrected chi connectivity index (χ4v) is 4.54. The summed E-state index contributed by atoms with van der Waals surface area (Å²) >= 11 is 7.41. The summed E-state index contributed by atoms with van der Waals surface area (Å²) in [4.78, 5) is 16.7. The van der Waals surface area contributed by atoms with Crippen molar-refractivity contribution in [2.75, 3.05) is 12.0 Å². The van der Waals surface area contributed by atoms with Crippen molar-refractivity contribution in [3.8, 4) is 10.9 Å². The van der Waals surface area contributed by atoms with E-state index in [1.165, 1.54) is 17.6 Å². The van der Waals surface area contributed by atoms with Crippen LogP contribution in [0.2, 0.25) is 5.02 Å². The SMILES string of the molecule is CC(C(=O)CCCS(C)(=O)=O)c1ccc(Oc2nc3ccc(Cl)cc3s2)cc1. The summed E-state index contributed by atoms with van der Waals surface area (Å²) in [6.45, 7) is 1.83. The number of ketones is 1. The molecule has 1 aromatic heterocycles. The molecule has 148 valence electrons. The first-order chi connectivity index (χ1) is 13.2. The Hall–Kier alpha value is -1.96. The van der Waals surface area contributed by atoms with Crippen LogP contribution in [0.1, 0.15) is 31.2 Å². The van der Waals surface area contributed by atoms with Crippen LogP contribution in [-0.4, -0.2) is 31.2 Å². The van der Waals surface area contributed by atoms with E-state index in [1.54, 1.807) is 18.2 Å². The lowest BCUT2D eigenvalue weighted by molar-refractivity contribution is -0.120. The van der Waals surface area contributed by atoms with Crippen molar-refractivity contribution in [1.82, 2.24) is 4.98 Å². The number of halogens is 1. The van der Waals surface area contributed by atoms with Crippen molar-refractivity contribution >= 4 is 48.8 Å². The maximum atomic E-state index is 12.3. The third-order valence-electron chi connectivity index (χ3n) is 4.34. The van der Waals surface area contributed by atoms with E-state index in [0.29, 0.717) is 22.4 Å². The van der Waals surface area contributed by atoms with Crippen molar-refractivity contribution in [2.45, 2.75) is 25.7 Å². The average Bonchev–Trinajstić information content (AvgIpc) is 3.02. The lowest BCUT2D eigenvalue weighted by atomic mass is 9.94. The molecule has 0 aliphatic carbocycles. The molecule has 8 heteroatoms. The van der Waals surface area contributed by atoms with Crippen LogP contribution >= 0.6 is 22.9 Å². The first-order valence-electron chi connectivity index (χ1n) is 8.75. The van der Waals surface area contributed by atoms with Gasteiger partial charge in [0.15, 0.2) is 0 Å². The summed E-state index contributed by atoms with van der Waals surface area (Å²) in [5.74, 6) is 0.398. The summed E-state index contributed by atoms with van der Waals surface area (Å²) in [5.41, 5.74) is 1.70. The molecular weight excluding hydrogens is 418 g/mol. The maximum Gasteiger partial charge on any atom is 0.279 e. The number of benzene rings is 2. The first-order valence-corrected chi connectivity index (χ1v) is 12.0. The summed E-state index contributed by atoms with van der Waals surface area (Å²) in [6, 6.07) is 12.8. The average molecular weight is 438 g/mol. The number of nitrogens with zero attached hydrogens (tertiary/aromatic N) is 1. The quantitative estimate of drug-likeness (QED) is 0.481. The molecule has 0 fully saturated rings. The van der Waals surface area contributed by atoms with E-state index < -0.39 is 9.84 Å². The number of thiazole rings is 1. The fourth-order valence-electron chi connectivity index (χ4n) is 2.76. The summed E-state index contributed by atoms with van der Waals surface area (Å²) in [5, 5.41) is 1.18. The van der Waals surface area contributed by atoms with Gasteiger partial charge >= 0.3 is 0 Å². The molecule has 28 heavy (non-hydrogen) atoms. The van der Waals surface area contributed by atoms with E-state index in [4.69, 9.17) is 16.3 Å². The van der Waals surface area contributed by atoms with E-state index >= 15 is 0 Å². The number of hydrogen-bond donors (Lipinski definition) is 0. The molecule has 2 aromatic carbocycles. The van der Waals surface area contributed by atoms with Gasteiger partial charge in [-0.05, 0) is 42.3 Å². The van der Waals surface area contributed by atoms with Crippen LogP contribution in [-0.2, 0) is 14.6 Å². The third-order valence-corrected chi connectivity index (χ3v) is 6.50. The molecule has 0 saturated carbocycles. The topological polar surface area (TPSA) is 73.3 Å². The molecule has 3 rings (SSSR count). The highest BCUT2D eigenvalue weighted by molar-refractivity contribution is 7.90. The molecule has 0 radical (unpaired) electrons.